The highest BCUT2D eigenvalue weighted by Gasteiger charge is 2.10. The van der Waals surface area contributed by atoms with Crippen molar-refractivity contribution in [3.8, 4) is 0 Å². The van der Waals surface area contributed by atoms with E-state index >= 15 is 0 Å². The molecule has 3 nitrogen and oxygen atoms in total. The monoisotopic (exact) mass is 265 g/mol. The number of nitrogens with zero attached hydrogens (tertiary/aromatic N) is 2. The fourth-order valence-electron chi connectivity index (χ4n) is 2.02. The lowest BCUT2D eigenvalue weighted by molar-refractivity contribution is 0.549. The van der Waals surface area contributed by atoms with Crippen LogP contribution in [0.3, 0.4) is 0 Å². The maximum atomic E-state index is 13.5. The molecule has 0 aliphatic rings. The molecule has 5 heteroatoms. The van der Waals surface area contributed by atoms with Gasteiger partial charge in [0.15, 0.2) is 0 Å². The fraction of sp³-hybridized carbons (Fsp3) is 0.357. The second-order valence-electron chi connectivity index (χ2n) is 4.76. The molecule has 0 aliphatic heterocycles. The minimum absolute atomic E-state index is 0.153. The molecule has 0 saturated carbocycles. The SMILES string of the molecule is Cn1cc(CCC(N)Cc2ccc(F)cc2F)cn1. The highest BCUT2D eigenvalue weighted by molar-refractivity contribution is 5.19. The van der Waals surface area contributed by atoms with Gasteiger partial charge < -0.3 is 5.73 Å². The summed E-state index contributed by atoms with van der Waals surface area (Å²) in [6, 6.07) is 3.45. The predicted molar refractivity (Wildman–Crippen MR) is 69.6 cm³/mol. The topological polar surface area (TPSA) is 43.8 Å². The number of aryl methyl sites for hydroxylation is 2. The average Bonchev–Trinajstić information content (AvgIpc) is 2.76. The Morgan fingerprint density at radius 2 is 2.16 bits per heavy atom. The van der Waals surface area contributed by atoms with Gasteiger partial charge in [-0.1, -0.05) is 6.07 Å². The van der Waals surface area contributed by atoms with Crippen LogP contribution in [0.25, 0.3) is 0 Å². The van der Waals surface area contributed by atoms with E-state index < -0.39 is 11.6 Å². The molecule has 1 aromatic heterocycles. The lowest BCUT2D eigenvalue weighted by Gasteiger charge is -2.11. The van der Waals surface area contributed by atoms with Crippen molar-refractivity contribution in [2.45, 2.75) is 25.3 Å². The lowest BCUT2D eigenvalue weighted by Crippen LogP contribution is -2.24. The Hall–Kier alpha value is -1.75. The zero-order valence-corrected chi connectivity index (χ0v) is 10.8. The van der Waals surface area contributed by atoms with Crippen LogP contribution in [0.15, 0.2) is 30.6 Å². The van der Waals surface area contributed by atoms with Crippen molar-refractivity contribution < 1.29 is 8.78 Å². The van der Waals surface area contributed by atoms with Crippen LogP contribution in [-0.4, -0.2) is 15.8 Å². The van der Waals surface area contributed by atoms with Crippen molar-refractivity contribution in [1.82, 2.24) is 9.78 Å². The molecule has 0 spiro atoms. The Morgan fingerprint density at radius 3 is 2.79 bits per heavy atom. The van der Waals surface area contributed by atoms with E-state index in [-0.39, 0.29) is 6.04 Å². The highest BCUT2D eigenvalue weighted by Crippen LogP contribution is 2.13. The molecule has 2 rings (SSSR count). The normalized spacial score (nSPS) is 12.6. The summed E-state index contributed by atoms with van der Waals surface area (Å²) in [7, 11) is 1.86. The second kappa shape index (κ2) is 5.93. The van der Waals surface area contributed by atoms with Gasteiger partial charge in [-0.15, -0.1) is 0 Å². The number of hydrogen-bond donors (Lipinski definition) is 1. The highest BCUT2D eigenvalue weighted by atomic mass is 19.1. The maximum absolute atomic E-state index is 13.5. The van der Waals surface area contributed by atoms with Gasteiger partial charge in [-0.25, -0.2) is 8.78 Å². The quantitative estimate of drug-likeness (QED) is 0.900. The van der Waals surface area contributed by atoms with Gasteiger partial charge in [0.05, 0.1) is 6.20 Å². The van der Waals surface area contributed by atoms with Crippen LogP contribution >= 0.6 is 0 Å². The van der Waals surface area contributed by atoms with Crippen molar-refractivity contribution >= 4 is 0 Å². The molecule has 2 aromatic rings. The number of nitrogens with two attached hydrogens (primary N) is 1. The first-order valence-electron chi connectivity index (χ1n) is 6.21. The Balaban J connectivity index is 1.88. The summed E-state index contributed by atoms with van der Waals surface area (Å²) in [6.07, 6.45) is 5.68. The standard InChI is InChI=1S/C14H17F2N3/c1-19-9-10(8-18-19)2-5-13(17)6-11-3-4-12(15)7-14(11)16/h3-4,7-9,13H,2,5-6,17H2,1H3. The van der Waals surface area contributed by atoms with Crippen LogP contribution in [-0.2, 0) is 19.9 Å². The molecule has 1 aromatic carbocycles. The molecule has 102 valence electrons. The molecule has 0 aliphatic carbocycles. The van der Waals surface area contributed by atoms with Gasteiger partial charge >= 0.3 is 0 Å². The van der Waals surface area contributed by atoms with Crippen LogP contribution < -0.4 is 5.73 Å². The van der Waals surface area contributed by atoms with Crippen molar-refractivity contribution in [2.24, 2.45) is 12.8 Å². The Morgan fingerprint density at radius 1 is 1.37 bits per heavy atom. The third-order valence-corrected chi connectivity index (χ3v) is 3.06. The molecule has 0 radical (unpaired) electrons. The molecule has 1 atom stereocenters. The van der Waals surface area contributed by atoms with Gasteiger partial charge in [-0.2, -0.15) is 5.10 Å². The molecule has 2 N–H and O–H groups in total. The van der Waals surface area contributed by atoms with E-state index in [0.29, 0.717) is 12.0 Å². The van der Waals surface area contributed by atoms with Gasteiger partial charge in [-0.3, -0.25) is 4.68 Å². The van der Waals surface area contributed by atoms with E-state index in [0.717, 1.165) is 24.5 Å². The molecule has 0 saturated heterocycles. The first-order chi connectivity index (χ1) is 9.04. The van der Waals surface area contributed by atoms with Crippen LogP contribution in [0, 0.1) is 11.6 Å². The van der Waals surface area contributed by atoms with E-state index in [1.807, 2.05) is 13.2 Å². The average molecular weight is 265 g/mol. The second-order valence-corrected chi connectivity index (χ2v) is 4.76. The van der Waals surface area contributed by atoms with Gasteiger partial charge in [0.1, 0.15) is 11.6 Å². The van der Waals surface area contributed by atoms with Crippen LogP contribution in [0.5, 0.6) is 0 Å². The van der Waals surface area contributed by atoms with Crippen molar-refractivity contribution in [3.05, 3.63) is 53.4 Å². The van der Waals surface area contributed by atoms with Gasteiger partial charge in [0, 0.05) is 25.4 Å². The van der Waals surface area contributed by atoms with Crippen LogP contribution in [0.4, 0.5) is 8.78 Å². The predicted octanol–water partition coefficient (Wildman–Crippen LogP) is 2.20. The summed E-state index contributed by atoms with van der Waals surface area (Å²) >= 11 is 0. The van der Waals surface area contributed by atoms with E-state index in [4.69, 9.17) is 5.73 Å². The lowest BCUT2D eigenvalue weighted by atomic mass is 10.0. The first-order valence-corrected chi connectivity index (χ1v) is 6.21. The van der Waals surface area contributed by atoms with E-state index in [2.05, 4.69) is 5.10 Å². The maximum Gasteiger partial charge on any atom is 0.129 e. The Kier molecular flexibility index (Phi) is 4.27. The van der Waals surface area contributed by atoms with E-state index in [9.17, 15) is 8.78 Å². The number of halogens is 2. The van der Waals surface area contributed by atoms with E-state index in [1.165, 1.54) is 12.1 Å². The third-order valence-electron chi connectivity index (χ3n) is 3.06. The largest absolute Gasteiger partial charge is 0.327 e. The molecule has 0 fully saturated rings. The zero-order valence-electron chi connectivity index (χ0n) is 10.8. The van der Waals surface area contributed by atoms with Crippen molar-refractivity contribution in [3.63, 3.8) is 0 Å². The summed E-state index contributed by atoms with van der Waals surface area (Å²) in [5, 5.41) is 4.08. The minimum Gasteiger partial charge on any atom is -0.327 e. The Labute approximate surface area is 111 Å². The summed E-state index contributed by atoms with van der Waals surface area (Å²) < 4.78 is 28.0. The van der Waals surface area contributed by atoms with Crippen molar-refractivity contribution in [1.29, 1.82) is 0 Å². The number of hydrogen-bond acceptors (Lipinski definition) is 2. The summed E-state index contributed by atoms with van der Waals surface area (Å²) in [4.78, 5) is 0. The van der Waals surface area contributed by atoms with Gasteiger partial charge in [0.25, 0.3) is 0 Å². The fourth-order valence-corrected chi connectivity index (χ4v) is 2.02. The molecule has 0 amide bonds. The number of benzene rings is 1. The van der Waals surface area contributed by atoms with Crippen LogP contribution in [0.1, 0.15) is 17.5 Å². The van der Waals surface area contributed by atoms with E-state index in [1.54, 1.807) is 10.9 Å². The van der Waals surface area contributed by atoms with Gasteiger partial charge in [0.2, 0.25) is 0 Å². The zero-order chi connectivity index (χ0) is 13.8. The molecular weight excluding hydrogens is 248 g/mol. The summed E-state index contributed by atoms with van der Waals surface area (Å²) in [5.41, 5.74) is 7.55. The Bertz CT molecular complexity index is 551. The van der Waals surface area contributed by atoms with Gasteiger partial charge in [-0.05, 0) is 36.5 Å². The summed E-state index contributed by atoms with van der Waals surface area (Å²) in [5.74, 6) is -1.10. The molecule has 1 unspecified atom stereocenters. The van der Waals surface area contributed by atoms with Crippen molar-refractivity contribution in [2.75, 3.05) is 0 Å². The smallest absolute Gasteiger partial charge is 0.129 e. The number of aromatic nitrogens is 2. The molecular formula is C14H17F2N3. The first kappa shape index (κ1) is 13.7. The molecule has 1 heterocycles. The molecule has 0 bridgehead atoms. The minimum atomic E-state index is -0.565. The number of rotatable bonds is 5. The van der Waals surface area contributed by atoms with Crippen LogP contribution in [0.2, 0.25) is 0 Å². The molecule has 19 heavy (non-hydrogen) atoms. The summed E-state index contributed by atoms with van der Waals surface area (Å²) in [6.45, 7) is 0. The third kappa shape index (κ3) is 3.86.